The number of amides is 2. The molecule has 2 N–H and O–H groups in total. The first-order valence-electron chi connectivity index (χ1n) is 6.79. The van der Waals surface area contributed by atoms with Gasteiger partial charge in [0, 0.05) is 19.1 Å². The van der Waals surface area contributed by atoms with Gasteiger partial charge in [-0.05, 0) is 31.0 Å². The number of carbonyl (C=O) groups is 2. The number of nitrogens with zero attached hydrogens (tertiary/aromatic N) is 2. The lowest BCUT2D eigenvalue weighted by molar-refractivity contribution is -0.142. The second-order valence-electron chi connectivity index (χ2n) is 5.14. The molecular weight excluding hydrogens is 270 g/mol. The number of aliphatic carboxylic acids is 1. The predicted molar refractivity (Wildman–Crippen MR) is 75.3 cm³/mol. The maximum absolute atomic E-state index is 12.1. The molecule has 1 aliphatic heterocycles. The summed E-state index contributed by atoms with van der Waals surface area (Å²) < 4.78 is 0. The second-order valence-corrected chi connectivity index (χ2v) is 5.14. The number of likely N-dealkylation sites (tertiary alicyclic amines) is 1. The molecule has 0 spiro atoms. The fraction of sp³-hybridized carbons (Fsp3) is 0.400. The Morgan fingerprint density at radius 1 is 1.52 bits per heavy atom. The van der Waals surface area contributed by atoms with Crippen molar-refractivity contribution in [1.29, 1.82) is 5.26 Å². The number of benzene rings is 1. The van der Waals surface area contributed by atoms with Gasteiger partial charge in [0.2, 0.25) is 0 Å². The van der Waals surface area contributed by atoms with Crippen molar-refractivity contribution in [3.63, 3.8) is 0 Å². The Morgan fingerprint density at radius 3 is 2.90 bits per heavy atom. The minimum absolute atomic E-state index is 0.270. The van der Waals surface area contributed by atoms with E-state index in [2.05, 4.69) is 5.32 Å². The van der Waals surface area contributed by atoms with Crippen molar-refractivity contribution in [2.75, 3.05) is 6.54 Å². The van der Waals surface area contributed by atoms with Gasteiger partial charge in [-0.3, -0.25) is 4.79 Å². The maximum Gasteiger partial charge on any atom is 0.317 e. The summed E-state index contributed by atoms with van der Waals surface area (Å²) in [4.78, 5) is 24.7. The van der Waals surface area contributed by atoms with Crippen LogP contribution in [0.5, 0.6) is 0 Å². The molecule has 0 radical (unpaired) electrons. The molecule has 1 heterocycles. The van der Waals surface area contributed by atoms with Crippen molar-refractivity contribution in [1.82, 2.24) is 10.2 Å². The Hall–Kier alpha value is -2.55. The van der Waals surface area contributed by atoms with E-state index in [0.717, 1.165) is 5.56 Å². The van der Waals surface area contributed by atoms with Crippen molar-refractivity contribution in [2.24, 2.45) is 5.92 Å². The minimum Gasteiger partial charge on any atom is -0.481 e. The number of carboxylic acid groups (broad SMARTS) is 1. The average molecular weight is 287 g/mol. The highest BCUT2D eigenvalue weighted by Crippen LogP contribution is 2.24. The fourth-order valence-corrected chi connectivity index (χ4v) is 2.59. The van der Waals surface area contributed by atoms with Crippen LogP contribution in [0.15, 0.2) is 24.3 Å². The van der Waals surface area contributed by atoms with E-state index in [0.29, 0.717) is 25.1 Å². The molecule has 2 rings (SSSR count). The standard InChI is InChI=1S/C15H17N3O3/c1-10-13(14(19)20)5-6-18(10)15(21)17-9-12-4-2-3-11(7-12)8-16/h2-4,7,10,13H,5-6,9H2,1H3,(H,17,21)(H,19,20). The largest absolute Gasteiger partial charge is 0.481 e. The van der Waals surface area contributed by atoms with Crippen LogP contribution in [0.1, 0.15) is 24.5 Å². The van der Waals surface area contributed by atoms with Gasteiger partial charge in [-0.25, -0.2) is 4.79 Å². The van der Waals surface area contributed by atoms with Crippen molar-refractivity contribution < 1.29 is 14.7 Å². The number of hydrogen-bond donors (Lipinski definition) is 2. The Labute approximate surface area is 123 Å². The number of nitrogens with one attached hydrogen (secondary N) is 1. The van der Waals surface area contributed by atoms with Crippen molar-refractivity contribution in [3.8, 4) is 6.07 Å². The molecular formula is C15H17N3O3. The van der Waals surface area contributed by atoms with Gasteiger partial charge >= 0.3 is 12.0 Å². The van der Waals surface area contributed by atoms with Crippen LogP contribution < -0.4 is 5.32 Å². The summed E-state index contributed by atoms with van der Waals surface area (Å²) in [5.41, 5.74) is 1.38. The molecule has 6 heteroatoms. The Bertz CT molecular complexity index is 594. The zero-order valence-electron chi connectivity index (χ0n) is 11.7. The highest BCUT2D eigenvalue weighted by molar-refractivity contribution is 5.78. The molecule has 1 aromatic carbocycles. The van der Waals surface area contributed by atoms with Gasteiger partial charge in [-0.15, -0.1) is 0 Å². The molecule has 21 heavy (non-hydrogen) atoms. The predicted octanol–water partition coefficient (Wildman–Crippen LogP) is 1.56. The smallest absolute Gasteiger partial charge is 0.317 e. The topological polar surface area (TPSA) is 93.4 Å². The third-order valence-corrected chi connectivity index (χ3v) is 3.83. The first kappa shape index (κ1) is 14.9. The number of carbonyl (C=O) groups excluding carboxylic acids is 1. The average Bonchev–Trinajstić information content (AvgIpc) is 2.87. The number of hydrogen-bond acceptors (Lipinski definition) is 3. The molecule has 1 fully saturated rings. The van der Waals surface area contributed by atoms with Gasteiger partial charge in [0.05, 0.1) is 17.6 Å². The molecule has 0 saturated carbocycles. The van der Waals surface area contributed by atoms with Crippen LogP contribution in [-0.2, 0) is 11.3 Å². The highest BCUT2D eigenvalue weighted by Gasteiger charge is 2.37. The summed E-state index contributed by atoms with van der Waals surface area (Å²) >= 11 is 0. The second kappa shape index (κ2) is 6.27. The number of rotatable bonds is 3. The normalized spacial score (nSPS) is 20.9. The lowest BCUT2D eigenvalue weighted by Crippen LogP contribution is -2.43. The maximum atomic E-state index is 12.1. The Balaban J connectivity index is 1.93. The van der Waals surface area contributed by atoms with Gasteiger partial charge < -0.3 is 15.3 Å². The molecule has 0 bridgehead atoms. The summed E-state index contributed by atoms with van der Waals surface area (Å²) in [5, 5.41) is 20.7. The van der Waals surface area contributed by atoms with Crippen molar-refractivity contribution in [2.45, 2.75) is 25.9 Å². The lowest BCUT2D eigenvalue weighted by Gasteiger charge is -2.23. The molecule has 1 saturated heterocycles. The SMILES string of the molecule is CC1C(C(=O)O)CCN1C(=O)NCc1cccc(C#N)c1. The third kappa shape index (κ3) is 3.31. The van der Waals surface area contributed by atoms with E-state index in [9.17, 15) is 9.59 Å². The number of nitriles is 1. The van der Waals surface area contributed by atoms with Gasteiger partial charge in [0.15, 0.2) is 0 Å². The Kier molecular flexibility index (Phi) is 4.43. The van der Waals surface area contributed by atoms with Crippen molar-refractivity contribution in [3.05, 3.63) is 35.4 Å². The summed E-state index contributed by atoms with van der Waals surface area (Å²) in [6, 6.07) is 8.47. The number of carboxylic acids is 1. The van der Waals surface area contributed by atoms with Crippen LogP contribution in [0, 0.1) is 17.2 Å². The summed E-state index contributed by atoms with van der Waals surface area (Å²) in [6.07, 6.45) is 0.480. The van der Waals surface area contributed by atoms with Crippen LogP contribution in [0.3, 0.4) is 0 Å². The molecule has 0 aromatic heterocycles. The van der Waals surface area contributed by atoms with Gasteiger partial charge in [-0.2, -0.15) is 5.26 Å². The molecule has 6 nitrogen and oxygen atoms in total. The van der Waals surface area contributed by atoms with Crippen molar-refractivity contribution >= 4 is 12.0 Å². The molecule has 2 unspecified atom stereocenters. The van der Waals surface area contributed by atoms with Crippen LogP contribution >= 0.6 is 0 Å². The molecule has 2 amide bonds. The van der Waals surface area contributed by atoms with E-state index in [-0.39, 0.29) is 12.1 Å². The van der Waals surface area contributed by atoms with Gasteiger partial charge in [0.1, 0.15) is 0 Å². The summed E-state index contributed by atoms with van der Waals surface area (Å²) in [7, 11) is 0. The van der Waals surface area contributed by atoms with E-state index < -0.39 is 11.9 Å². The molecule has 1 aromatic rings. The molecule has 110 valence electrons. The minimum atomic E-state index is -0.862. The first-order chi connectivity index (χ1) is 10.0. The van der Waals surface area contributed by atoms with Crippen LogP contribution in [0.4, 0.5) is 4.79 Å². The van der Waals surface area contributed by atoms with E-state index in [1.54, 1.807) is 30.0 Å². The first-order valence-corrected chi connectivity index (χ1v) is 6.79. The summed E-state index contributed by atoms with van der Waals surface area (Å²) in [6.45, 7) is 2.51. The zero-order chi connectivity index (χ0) is 15.4. The lowest BCUT2D eigenvalue weighted by atomic mass is 10.0. The van der Waals surface area contributed by atoms with E-state index >= 15 is 0 Å². The van der Waals surface area contributed by atoms with Crippen LogP contribution in [0.2, 0.25) is 0 Å². The molecule has 0 aliphatic carbocycles. The number of urea groups is 1. The summed E-state index contributed by atoms with van der Waals surface area (Å²) in [5.74, 6) is -1.36. The fourth-order valence-electron chi connectivity index (χ4n) is 2.59. The van der Waals surface area contributed by atoms with Crippen LogP contribution in [0.25, 0.3) is 0 Å². The van der Waals surface area contributed by atoms with Crippen LogP contribution in [-0.4, -0.2) is 34.6 Å². The van der Waals surface area contributed by atoms with E-state index in [1.165, 1.54) is 0 Å². The van der Waals surface area contributed by atoms with Gasteiger partial charge in [-0.1, -0.05) is 12.1 Å². The zero-order valence-corrected chi connectivity index (χ0v) is 11.7. The van der Waals surface area contributed by atoms with E-state index in [1.807, 2.05) is 12.1 Å². The van der Waals surface area contributed by atoms with E-state index in [4.69, 9.17) is 10.4 Å². The molecule has 1 aliphatic rings. The third-order valence-electron chi connectivity index (χ3n) is 3.83. The Morgan fingerprint density at radius 2 is 2.29 bits per heavy atom. The molecule has 2 atom stereocenters. The van der Waals surface area contributed by atoms with Gasteiger partial charge in [0.25, 0.3) is 0 Å². The highest BCUT2D eigenvalue weighted by atomic mass is 16.4. The quantitative estimate of drug-likeness (QED) is 0.882. The monoisotopic (exact) mass is 287 g/mol.